The van der Waals surface area contributed by atoms with E-state index in [1.165, 1.54) is 6.07 Å². The Morgan fingerprint density at radius 1 is 1.15 bits per heavy atom. The van der Waals surface area contributed by atoms with E-state index in [2.05, 4.69) is 37.9 Å². The Morgan fingerprint density at radius 2 is 1.97 bits per heavy atom. The fourth-order valence-corrected chi connectivity index (χ4v) is 3.87. The van der Waals surface area contributed by atoms with E-state index in [-0.39, 0.29) is 35.8 Å². The van der Waals surface area contributed by atoms with E-state index in [9.17, 15) is 4.39 Å². The van der Waals surface area contributed by atoms with E-state index in [0.717, 1.165) is 54.8 Å². The third kappa shape index (κ3) is 6.89. The number of aliphatic imine (C=N–C) groups is 1. The molecule has 1 atom stereocenters. The highest BCUT2D eigenvalue weighted by molar-refractivity contribution is 14.0. The van der Waals surface area contributed by atoms with Crippen LogP contribution in [0.1, 0.15) is 30.1 Å². The topological polar surface area (TPSA) is 70.4 Å². The van der Waals surface area contributed by atoms with E-state index < -0.39 is 0 Å². The van der Waals surface area contributed by atoms with Crippen molar-refractivity contribution in [1.29, 1.82) is 0 Å². The maximum atomic E-state index is 13.7. The molecule has 0 spiro atoms. The average Bonchev–Trinajstić information content (AvgIpc) is 3.14. The number of piperidine rings is 1. The highest BCUT2D eigenvalue weighted by Gasteiger charge is 2.21. The molecule has 1 aliphatic rings. The van der Waals surface area contributed by atoms with Gasteiger partial charge in [0.25, 0.3) is 0 Å². The number of guanidine groups is 1. The predicted octanol–water partition coefficient (Wildman–Crippen LogP) is 3.79. The maximum Gasteiger partial charge on any atom is 0.192 e. The number of nitrogens with zero attached hydrogens (tertiary/aromatic N) is 5. The molecule has 4 rings (SSSR count). The molecule has 0 radical (unpaired) electrons. The zero-order valence-electron chi connectivity index (χ0n) is 19.0. The first-order chi connectivity index (χ1) is 15.6. The quantitative estimate of drug-likeness (QED) is 0.272. The average molecular weight is 563 g/mol. The molecule has 0 saturated carbocycles. The van der Waals surface area contributed by atoms with Crippen molar-refractivity contribution in [2.24, 2.45) is 12.0 Å². The van der Waals surface area contributed by atoms with Gasteiger partial charge in [-0.15, -0.1) is 34.2 Å². The molecule has 9 heteroatoms. The summed E-state index contributed by atoms with van der Waals surface area (Å²) < 4.78 is 15.7. The minimum atomic E-state index is -0.205. The van der Waals surface area contributed by atoms with Crippen LogP contribution in [-0.2, 0) is 20.1 Å². The minimum Gasteiger partial charge on any atom is -0.369 e. The van der Waals surface area contributed by atoms with Crippen molar-refractivity contribution in [3.63, 3.8) is 0 Å². The fraction of sp³-hybridized carbons (Fsp3) is 0.375. The zero-order valence-corrected chi connectivity index (χ0v) is 21.4. The van der Waals surface area contributed by atoms with Gasteiger partial charge in [-0.05, 0) is 43.5 Å². The summed E-state index contributed by atoms with van der Waals surface area (Å²) in [6.45, 7) is 4.75. The van der Waals surface area contributed by atoms with Gasteiger partial charge in [-0.3, -0.25) is 0 Å². The van der Waals surface area contributed by atoms with Crippen molar-refractivity contribution in [3.8, 4) is 0 Å². The molecule has 0 amide bonds. The number of aryl methyl sites for hydroxylation is 1. The zero-order chi connectivity index (χ0) is 22.3. The van der Waals surface area contributed by atoms with E-state index in [4.69, 9.17) is 4.99 Å². The summed E-state index contributed by atoms with van der Waals surface area (Å²) in [4.78, 5) is 7.04. The molecular weight excluding hydrogens is 532 g/mol. The standard InChI is InChI=1S/C24H30FN7.HI/c1-18-29-30-23(31(18)2)16-27-24(26-15-19-8-4-3-5-9-19)28-21-11-7-13-32(17-21)22-12-6-10-20(25)14-22;/h3-6,8-10,12,14,21H,7,11,13,15-17H2,1-2H3,(H2,26,27,28);1H. The minimum absolute atomic E-state index is 0. The summed E-state index contributed by atoms with van der Waals surface area (Å²) in [7, 11) is 1.96. The van der Waals surface area contributed by atoms with Crippen LogP contribution in [0, 0.1) is 12.7 Å². The van der Waals surface area contributed by atoms with E-state index in [0.29, 0.717) is 13.1 Å². The van der Waals surface area contributed by atoms with Gasteiger partial charge in [0, 0.05) is 31.9 Å². The van der Waals surface area contributed by atoms with Crippen molar-refractivity contribution in [3.05, 3.63) is 77.6 Å². The van der Waals surface area contributed by atoms with Crippen molar-refractivity contribution in [2.45, 2.75) is 38.9 Å². The molecule has 1 fully saturated rings. The first-order valence-electron chi connectivity index (χ1n) is 11.0. The van der Waals surface area contributed by atoms with Crippen LogP contribution in [-0.4, -0.2) is 39.9 Å². The van der Waals surface area contributed by atoms with Crippen LogP contribution in [0.15, 0.2) is 59.6 Å². The third-order valence-electron chi connectivity index (χ3n) is 5.79. The summed E-state index contributed by atoms with van der Waals surface area (Å²) in [5.74, 6) is 2.25. The smallest absolute Gasteiger partial charge is 0.192 e. The van der Waals surface area contributed by atoms with Gasteiger partial charge in [-0.25, -0.2) is 9.38 Å². The van der Waals surface area contributed by atoms with Crippen LogP contribution in [0.25, 0.3) is 0 Å². The Hall–Kier alpha value is -2.69. The molecule has 7 nitrogen and oxygen atoms in total. The summed E-state index contributed by atoms with van der Waals surface area (Å²) >= 11 is 0. The van der Waals surface area contributed by atoms with E-state index in [1.807, 2.05) is 42.8 Å². The Kier molecular flexibility index (Phi) is 9.04. The van der Waals surface area contributed by atoms with Gasteiger partial charge in [0.2, 0.25) is 0 Å². The van der Waals surface area contributed by atoms with Crippen LogP contribution in [0.4, 0.5) is 10.1 Å². The fourth-order valence-electron chi connectivity index (χ4n) is 3.87. The highest BCUT2D eigenvalue weighted by atomic mass is 127. The van der Waals surface area contributed by atoms with Gasteiger partial charge in [0.15, 0.2) is 11.8 Å². The normalized spacial score (nSPS) is 16.3. The number of aromatic nitrogens is 3. The SMILES string of the molecule is Cc1nnc(CNC(=NCc2ccccc2)NC2CCCN(c3cccc(F)c3)C2)n1C.I. The number of hydrogen-bond donors (Lipinski definition) is 2. The second-order valence-electron chi connectivity index (χ2n) is 8.14. The van der Waals surface area contributed by atoms with Crippen molar-refractivity contribution in [1.82, 2.24) is 25.4 Å². The van der Waals surface area contributed by atoms with Crippen molar-refractivity contribution >= 4 is 35.6 Å². The molecule has 1 aromatic heterocycles. The monoisotopic (exact) mass is 563 g/mol. The lowest BCUT2D eigenvalue weighted by Gasteiger charge is -2.35. The van der Waals surface area contributed by atoms with Gasteiger partial charge in [0.05, 0.1) is 13.1 Å². The number of benzene rings is 2. The molecule has 1 unspecified atom stereocenters. The molecule has 3 aromatic rings. The second-order valence-corrected chi connectivity index (χ2v) is 8.14. The molecule has 2 N–H and O–H groups in total. The molecule has 176 valence electrons. The second kappa shape index (κ2) is 12.0. The molecule has 1 saturated heterocycles. The van der Waals surface area contributed by atoms with E-state index in [1.54, 1.807) is 12.1 Å². The molecule has 2 heterocycles. The first kappa shape index (κ1) is 24.9. The van der Waals surface area contributed by atoms with Crippen LogP contribution >= 0.6 is 24.0 Å². The first-order valence-corrected chi connectivity index (χ1v) is 11.0. The van der Waals surface area contributed by atoms with Crippen LogP contribution in [0.5, 0.6) is 0 Å². The van der Waals surface area contributed by atoms with Crippen molar-refractivity contribution in [2.75, 3.05) is 18.0 Å². The van der Waals surface area contributed by atoms with Gasteiger partial charge in [-0.2, -0.15) is 0 Å². The molecular formula is C24H31FIN7. The molecule has 33 heavy (non-hydrogen) atoms. The predicted molar refractivity (Wildman–Crippen MR) is 140 cm³/mol. The third-order valence-corrected chi connectivity index (χ3v) is 5.79. The molecule has 0 aliphatic carbocycles. The number of nitrogens with one attached hydrogen (secondary N) is 2. The number of halogens is 2. The maximum absolute atomic E-state index is 13.7. The molecule has 2 aromatic carbocycles. The van der Waals surface area contributed by atoms with Crippen LogP contribution in [0.3, 0.4) is 0 Å². The van der Waals surface area contributed by atoms with E-state index >= 15 is 0 Å². The molecule has 1 aliphatic heterocycles. The Bertz CT molecular complexity index is 1050. The lowest BCUT2D eigenvalue weighted by Crippen LogP contribution is -2.51. The Labute approximate surface area is 211 Å². The highest BCUT2D eigenvalue weighted by Crippen LogP contribution is 2.20. The Morgan fingerprint density at radius 3 is 2.70 bits per heavy atom. The van der Waals surface area contributed by atoms with Gasteiger partial charge < -0.3 is 20.1 Å². The van der Waals surface area contributed by atoms with Gasteiger partial charge in [0.1, 0.15) is 11.6 Å². The molecule has 0 bridgehead atoms. The van der Waals surface area contributed by atoms with Crippen molar-refractivity contribution < 1.29 is 4.39 Å². The van der Waals surface area contributed by atoms with Gasteiger partial charge >= 0.3 is 0 Å². The summed E-state index contributed by atoms with van der Waals surface area (Å²) in [5, 5.41) is 15.4. The summed E-state index contributed by atoms with van der Waals surface area (Å²) in [5.41, 5.74) is 2.06. The lowest BCUT2D eigenvalue weighted by molar-refractivity contribution is 0.466. The lowest BCUT2D eigenvalue weighted by atomic mass is 10.0. The number of anilines is 1. The Balaban J connectivity index is 0.00000306. The van der Waals surface area contributed by atoms with Gasteiger partial charge in [-0.1, -0.05) is 36.4 Å². The number of rotatable bonds is 6. The van der Waals surface area contributed by atoms with Crippen LogP contribution < -0.4 is 15.5 Å². The summed E-state index contributed by atoms with van der Waals surface area (Å²) in [6.07, 6.45) is 2.06. The van der Waals surface area contributed by atoms with Crippen LogP contribution in [0.2, 0.25) is 0 Å². The number of hydrogen-bond acceptors (Lipinski definition) is 4. The largest absolute Gasteiger partial charge is 0.369 e. The summed E-state index contributed by atoms with van der Waals surface area (Å²) in [6, 6.07) is 17.2.